The van der Waals surface area contributed by atoms with Gasteiger partial charge >= 0.3 is 0 Å². The number of nitrogens with one attached hydrogen (secondary N) is 2. The van der Waals surface area contributed by atoms with Gasteiger partial charge in [-0.15, -0.1) is 0 Å². The normalized spacial score (nSPS) is 13.7. The van der Waals surface area contributed by atoms with Gasteiger partial charge in [0.2, 0.25) is 17.4 Å². The number of methoxy groups -OCH3 is 1. The molecule has 1 heterocycles. The lowest BCUT2D eigenvalue weighted by molar-refractivity contribution is 0.0981. The van der Waals surface area contributed by atoms with Crippen LogP contribution in [0.15, 0.2) is 40.5 Å². The second-order valence-electron chi connectivity index (χ2n) is 4.36. The van der Waals surface area contributed by atoms with Crippen molar-refractivity contribution in [2.45, 2.75) is 0 Å². The first kappa shape index (κ1) is 13.6. The Morgan fingerprint density at radius 1 is 1.24 bits per heavy atom. The molecule has 0 aliphatic heterocycles. The number of hydrogen-bond acceptors (Lipinski definition) is 5. The summed E-state index contributed by atoms with van der Waals surface area (Å²) in [5, 5.41) is 9.29. The van der Waals surface area contributed by atoms with E-state index < -0.39 is 0 Å². The smallest absolute Gasteiger partial charge is 0.221 e. The zero-order chi connectivity index (χ0) is 15.0. The van der Waals surface area contributed by atoms with Crippen LogP contribution in [0.5, 0.6) is 5.88 Å². The van der Waals surface area contributed by atoms with Crippen molar-refractivity contribution >= 4 is 33.2 Å². The van der Waals surface area contributed by atoms with Gasteiger partial charge in [0.25, 0.3) is 0 Å². The molecule has 1 aliphatic rings. The van der Waals surface area contributed by atoms with E-state index in [-0.39, 0.29) is 34.4 Å². The lowest BCUT2D eigenvalue weighted by atomic mass is 9.99. The largest absolute Gasteiger partial charge is 0.481 e. The summed E-state index contributed by atoms with van der Waals surface area (Å²) in [6, 6.07) is 7.26. The maximum atomic E-state index is 12.4. The van der Waals surface area contributed by atoms with Crippen LogP contribution in [-0.4, -0.2) is 28.9 Å². The third kappa shape index (κ3) is 2.36. The van der Waals surface area contributed by atoms with Gasteiger partial charge < -0.3 is 10.1 Å². The number of allylic oxidation sites excluding steroid dienone is 2. The number of rotatable bonds is 3. The first-order chi connectivity index (χ1) is 10.1. The molecule has 1 aliphatic carbocycles. The summed E-state index contributed by atoms with van der Waals surface area (Å²) in [6.07, 6.45) is 1.24. The molecule has 3 rings (SSSR count). The van der Waals surface area contributed by atoms with Crippen molar-refractivity contribution in [1.29, 1.82) is 0 Å². The minimum absolute atomic E-state index is 0.0817. The van der Waals surface area contributed by atoms with Gasteiger partial charge in [-0.1, -0.05) is 15.9 Å². The summed E-state index contributed by atoms with van der Waals surface area (Å²) in [7, 11) is 1.41. The summed E-state index contributed by atoms with van der Waals surface area (Å²) < 4.78 is 5.96. The number of aromatic nitrogens is 2. The molecule has 0 spiro atoms. The third-order valence-electron chi connectivity index (χ3n) is 3.04. The average Bonchev–Trinajstić information content (AvgIpc) is 2.91. The van der Waals surface area contributed by atoms with E-state index in [0.717, 1.165) is 4.47 Å². The van der Waals surface area contributed by atoms with Gasteiger partial charge in [-0.25, -0.2) is 5.10 Å². The van der Waals surface area contributed by atoms with Crippen molar-refractivity contribution in [1.82, 2.24) is 10.2 Å². The number of benzene rings is 1. The topological polar surface area (TPSA) is 84.1 Å². The maximum Gasteiger partial charge on any atom is 0.221 e. The van der Waals surface area contributed by atoms with Crippen LogP contribution in [-0.2, 0) is 0 Å². The molecule has 2 N–H and O–H groups in total. The number of Topliss-reactive ketones (excluding diaryl/α,β-unsaturated/α-hetero) is 1. The second-order valence-corrected chi connectivity index (χ2v) is 5.28. The van der Waals surface area contributed by atoms with Crippen LogP contribution in [0.3, 0.4) is 0 Å². The molecule has 106 valence electrons. The Kier molecular flexibility index (Phi) is 3.34. The number of anilines is 1. The molecule has 6 nitrogen and oxygen atoms in total. The van der Waals surface area contributed by atoms with Crippen molar-refractivity contribution in [3.05, 3.63) is 51.8 Å². The lowest BCUT2D eigenvalue weighted by Gasteiger charge is -2.14. The fourth-order valence-electron chi connectivity index (χ4n) is 2.04. The molecule has 0 fully saturated rings. The molecule has 0 saturated heterocycles. The standard InChI is InChI=1S/C14H10BrN3O3/c1-21-14-11-12(17-18-14)10(19)6-9(13(11)20)16-8-4-2-7(15)3-5-8/h2-6,16H,1H3,(H,17,18). The molecule has 0 saturated carbocycles. The lowest BCUT2D eigenvalue weighted by Crippen LogP contribution is -2.21. The van der Waals surface area contributed by atoms with E-state index in [9.17, 15) is 9.59 Å². The number of carbonyl (C=O) groups excluding carboxylic acids is 2. The summed E-state index contributed by atoms with van der Waals surface area (Å²) in [5.41, 5.74) is 1.13. The summed E-state index contributed by atoms with van der Waals surface area (Å²) in [5.74, 6) is -0.492. The van der Waals surface area contributed by atoms with Crippen molar-refractivity contribution in [2.24, 2.45) is 0 Å². The Labute approximate surface area is 128 Å². The van der Waals surface area contributed by atoms with Gasteiger partial charge in [0.15, 0.2) is 0 Å². The van der Waals surface area contributed by atoms with E-state index in [2.05, 4.69) is 31.4 Å². The highest BCUT2D eigenvalue weighted by molar-refractivity contribution is 9.10. The molecule has 0 bridgehead atoms. The highest BCUT2D eigenvalue weighted by Gasteiger charge is 2.32. The molecule has 1 aromatic carbocycles. The van der Waals surface area contributed by atoms with Crippen molar-refractivity contribution in [2.75, 3.05) is 12.4 Å². The molecular formula is C14H10BrN3O3. The molecule has 0 unspecified atom stereocenters. The fourth-order valence-corrected chi connectivity index (χ4v) is 2.31. The SMILES string of the molecule is COc1[nH]nc2c1C(=O)C(Nc1ccc(Br)cc1)=CC2=O. The number of nitrogens with zero attached hydrogens (tertiary/aromatic N) is 1. The summed E-state index contributed by atoms with van der Waals surface area (Å²) >= 11 is 3.33. The van der Waals surface area contributed by atoms with Gasteiger partial charge in [0, 0.05) is 16.2 Å². The molecule has 2 aromatic rings. The molecule has 0 atom stereocenters. The Hall–Kier alpha value is -2.41. The van der Waals surface area contributed by atoms with Crippen molar-refractivity contribution < 1.29 is 14.3 Å². The Balaban J connectivity index is 1.95. The molecule has 21 heavy (non-hydrogen) atoms. The first-order valence-electron chi connectivity index (χ1n) is 6.06. The average molecular weight is 348 g/mol. The minimum atomic E-state index is -0.344. The first-order valence-corrected chi connectivity index (χ1v) is 6.85. The molecule has 1 aromatic heterocycles. The van der Waals surface area contributed by atoms with Crippen LogP contribution in [0.4, 0.5) is 5.69 Å². The zero-order valence-electron chi connectivity index (χ0n) is 10.9. The molecule has 7 heteroatoms. The number of ether oxygens (including phenoxy) is 1. The number of ketones is 2. The highest BCUT2D eigenvalue weighted by Crippen LogP contribution is 2.28. The van der Waals surface area contributed by atoms with Crippen LogP contribution in [0.1, 0.15) is 20.8 Å². The third-order valence-corrected chi connectivity index (χ3v) is 3.57. The Morgan fingerprint density at radius 2 is 1.95 bits per heavy atom. The Bertz CT molecular complexity index is 762. The Morgan fingerprint density at radius 3 is 2.62 bits per heavy atom. The minimum Gasteiger partial charge on any atom is -0.481 e. The quantitative estimate of drug-likeness (QED) is 0.891. The van der Waals surface area contributed by atoms with Crippen molar-refractivity contribution in [3.8, 4) is 5.88 Å². The van der Waals surface area contributed by atoms with E-state index in [0.29, 0.717) is 5.69 Å². The van der Waals surface area contributed by atoms with Gasteiger partial charge in [-0.05, 0) is 24.3 Å². The summed E-state index contributed by atoms with van der Waals surface area (Å²) in [6.45, 7) is 0. The predicted molar refractivity (Wildman–Crippen MR) is 79.6 cm³/mol. The van der Waals surface area contributed by atoms with E-state index >= 15 is 0 Å². The van der Waals surface area contributed by atoms with E-state index in [4.69, 9.17) is 4.74 Å². The highest BCUT2D eigenvalue weighted by atomic mass is 79.9. The van der Waals surface area contributed by atoms with Crippen molar-refractivity contribution in [3.63, 3.8) is 0 Å². The van der Waals surface area contributed by atoms with E-state index in [1.807, 2.05) is 12.1 Å². The van der Waals surface area contributed by atoms with Gasteiger partial charge in [-0.2, -0.15) is 5.10 Å². The zero-order valence-corrected chi connectivity index (χ0v) is 12.5. The van der Waals surface area contributed by atoms with Gasteiger partial charge in [0.05, 0.1) is 12.8 Å². The van der Waals surface area contributed by atoms with Crippen LogP contribution in [0.2, 0.25) is 0 Å². The molecular weight excluding hydrogens is 338 g/mol. The van der Waals surface area contributed by atoms with Crippen LogP contribution < -0.4 is 10.1 Å². The van der Waals surface area contributed by atoms with E-state index in [1.54, 1.807) is 12.1 Å². The number of halogens is 1. The number of aromatic amines is 1. The summed E-state index contributed by atoms with van der Waals surface area (Å²) in [4.78, 5) is 24.4. The fraction of sp³-hybridized carbons (Fsp3) is 0.0714. The number of fused-ring (bicyclic) bond motifs is 1. The van der Waals surface area contributed by atoms with Crippen LogP contribution >= 0.6 is 15.9 Å². The van der Waals surface area contributed by atoms with E-state index in [1.165, 1.54) is 13.2 Å². The number of hydrogen-bond donors (Lipinski definition) is 2. The van der Waals surface area contributed by atoms with Gasteiger partial charge in [0.1, 0.15) is 11.3 Å². The second kappa shape index (κ2) is 5.17. The monoisotopic (exact) mass is 347 g/mol. The van der Waals surface area contributed by atoms with Crippen LogP contribution in [0.25, 0.3) is 0 Å². The predicted octanol–water partition coefficient (Wildman–Crippen LogP) is 2.56. The molecule has 0 amide bonds. The number of H-pyrrole nitrogens is 1. The number of carbonyl (C=O) groups is 2. The van der Waals surface area contributed by atoms with Gasteiger partial charge in [-0.3, -0.25) is 9.59 Å². The maximum absolute atomic E-state index is 12.4. The molecule has 0 radical (unpaired) electrons. The van der Waals surface area contributed by atoms with Crippen LogP contribution in [0, 0.1) is 0 Å².